The molecule has 0 saturated heterocycles. The Labute approximate surface area is 135 Å². The summed E-state index contributed by atoms with van der Waals surface area (Å²) in [4.78, 5) is 16.1. The first-order valence-corrected chi connectivity index (χ1v) is 7.69. The Kier molecular flexibility index (Phi) is 4.57. The Hall–Kier alpha value is -2.40. The molecular weight excluding hydrogens is 292 g/mol. The minimum absolute atomic E-state index is 0.0607. The number of ketones is 1. The molecule has 0 unspecified atom stereocenters. The molecule has 0 amide bonds. The van der Waals surface area contributed by atoms with Gasteiger partial charge in [0.15, 0.2) is 17.4 Å². The Bertz CT molecular complexity index is 728. The van der Waals surface area contributed by atoms with Crippen molar-refractivity contribution in [3.63, 3.8) is 0 Å². The van der Waals surface area contributed by atoms with E-state index in [0.717, 1.165) is 34.7 Å². The number of hydrogen-bond donors (Lipinski definition) is 1. The summed E-state index contributed by atoms with van der Waals surface area (Å²) in [6, 6.07) is 7.64. The Morgan fingerprint density at radius 3 is 3.09 bits per heavy atom. The van der Waals surface area contributed by atoms with Crippen LogP contribution in [-0.2, 0) is 11.2 Å². The summed E-state index contributed by atoms with van der Waals surface area (Å²) in [5.41, 5.74) is 3.87. The van der Waals surface area contributed by atoms with Crippen LogP contribution < -0.4 is 10.1 Å². The van der Waals surface area contributed by atoms with Crippen LogP contribution in [0.2, 0.25) is 0 Å². The summed E-state index contributed by atoms with van der Waals surface area (Å²) in [7, 11) is 1.67. The third-order valence-corrected chi connectivity index (χ3v) is 3.91. The van der Waals surface area contributed by atoms with Gasteiger partial charge in [0.1, 0.15) is 0 Å². The summed E-state index contributed by atoms with van der Waals surface area (Å²) in [5.74, 6) is 1.62. The highest BCUT2D eigenvalue weighted by molar-refractivity contribution is 5.95. The monoisotopic (exact) mass is 312 g/mol. The molecule has 1 N–H and O–H groups in total. The molecule has 0 saturated carbocycles. The van der Waals surface area contributed by atoms with Crippen molar-refractivity contribution in [2.75, 3.05) is 32.2 Å². The van der Waals surface area contributed by atoms with Crippen molar-refractivity contribution in [2.45, 2.75) is 13.3 Å². The average molecular weight is 312 g/mol. The fourth-order valence-corrected chi connectivity index (χ4v) is 2.74. The molecule has 0 radical (unpaired) electrons. The number of aromatic nitrogens is 1. The largest absolute Gasteiger partial charge is 0.489 e. The van der Waals surface area contributed by atoms with Crippen LogP contribution in [0.4, 0.5) is 5.82 Å². The van der Waals surface area contributed by atoms with Gasteiger partial charge in [-0.2, -0.15) is 0 Å². The van der Waals surface area contributed by atoms with Crippen molar-refractivity contribution in [1.82, 2.24) is 4.98 Å². The SMILES string of the molecule is COCCNc1ncc(-c2cccc(C(C)=O)c2)c2c1OCC2. The lowest BCUT2D eigenvalue weighted by Crippen LogP contribution is -2.10. The molecule has 2 heterocycles. The lowest BCUT2D eigenvalue weighted by molar-refractivity contribution is 0.101. The van der Waals surface area contributed by atoms with E-state index in [1.807, 2.05) is 30.5 Å². The van der Waals surface area contributed by atoms with E-state index >= 15 is 0 Å². The maximum atomic E-state index is 11.6. The second-order valence-electron chi connectivity index (χ2n) is 5.48. The van der Waals surface area contributed by atoms with Gasteiger partial charge in [-0.15, -0.1) is 0 Å². The van der Waals surface area contributed by atoms with Crippen molar-refractivity contribution < 1.29 is 14.3 Å². The van der Waals surface area contributed by atoms with Crippen LogP contribution in [-0.4, -0.2) is 37.6 Å². The molecule has 0 fully saturated rings. The number of ether oxygens (including phenoxy) is 2. The quantitative estimate of drug-likeness (QED) is 0.656. The number of pyridine rings is 1. The number of anilines is 1. The van der Waals surface area contributed by atoms with E-state index in [9.17, 15) is 4.79 Å². The summed E-state index contributed by atoms with van der Waals surface area (Å²) < 4.78 is 10.8. The van der Waals surface area contributed by atoms with Crippen molar-refractivity contribution in [1.29, 1.82) is 0 Å². The molecule has 2 aromatic rings. The maximum Gasteiger partial charge on any atom is 0.169 e. The predicted octanol–water partition coefficient (Wildman–Crippen LogP) is 2.94. The second kappa shape index (κ2) is 6.79. The maximum absolute atomic E-state index is 11.6. The first kappa shape index (κ1) is 15.5. The van der Waals surface area contributed by atoms with Gasteiger partial charge < -0.3 is 14.8 Å². The molecular formula is C18H20N2O3. The van der Waals surface area contributed by atoms with Crippen LogP contribution in [0.1, 0.15) is 22.8 Å². The number of Topliss-reactive ketones (excluding diaryl/α,β-unsaturated/α-hetero) is 1. The fraction of sp³-hybridized carbons (Fsp3) is 0.333. The summed E-state index contributed by atoms with van der Waals surface area (Å²) >= 11 is 0. The first-order chi connectivity index (χ1) is 11.2. The van der Waals surface area contributed by atoms with Crippen molar-refractivity contribution in [3.05, 3.63) is 41.6 Å². The Morgan fingerprint density at radius 2 is 2.30 bits per heavy atom. The number of nitrogens with zero attached hydrogens (tertiary/aromatic N) is 1. The highest BCUT2D eigenvalue weighted by Gasteiger charge is 2.22. The molecule has 5 heteroatoms. The number of nitrogens with one attached hydrogen (secondary N) is 1. The molecule has 3 rings (SSSR count). The van der Waals surface area contributed by atoms with E-state index in [1.54, 1.807) is 14.0 Å². The highest BCUT2D eigenvalue weighted by Crippen LogP contribution is 2.39. The van der Waals surface area contributed by atoms with Gasteiger partial charge in [-0.25, -0.2) is 4.98 Å². The molecule has 1 aliphatic rings. The molecule has 0 spiro atoms. The lowest BCUT2D eigenvalue weighted by Gasteiger charge is -2.13. The minimum Gasteiger partial charge on any atom is -0.489 e. The van der Waals surface area contributed by atoms with E-state index in [-0.39, 0.29) is 5.78 Å². The van der Waals surface area contributed by atoms with Crippen LogP contribution in [0.15, 0.2) is 30.5 Å². The topological polar surface area (TPSA) is 60.5 Å². The van der Waals surface area contributed by atoms with Gasteiger partial charge in [0.2, 0.25) is 0 Å². The average Bonchev–Trinajstić information content (AvgIpc) is 3.05. The molecule has 1 aliphatic heterocycles. The number of methoxy groups -OCH3 is 1. The third-order valence-electron chi connectivity index (χ3n) is 3.91. The number of carbonyl (C=O) groups is 1. The summed E-state index contributed by atoms with van der Waals surface area (Å²) in [5, 5.41) is 3.24. The number of hydrogen-bond acceptors (Lipinski definition) is 5. The Balaban J connectivity index is 1.97. The van der Waals surface area contributed by atoms with Crippen LogP contribution in [0.3, 0.4) is 0 Å². The fourth-order valence-electron chi connectivity index (χ4n) is 2.74. The predicted molar refractivity (Wildman–Crippen MR) is 89.2 cm³/mol. The molecule has 0 bridgehead atoms. The van der Waals surface area contributed by atoms with Gasteiger partial charge in [-0.3, -0.25) is 4.79 Å². The highest BCUT2D eigenvalue weighted by atomic mass is 16.5. The molecule has 1 aromatic heterocycles. The molecule has 5 nitrogen and oxygen atoms in total. The van der Waals surface area contributed by atoms with Gasteiger partial charge >= 0.3 is 0 Å². The van der Waals surface area contributed by atoms with Crippen LogP contribution in [0, 0.1) is 0 Å². The number of carbonyl (C=O) groups excluding carboxylic acids is 1. The third kappa shape index (κ3) is 3.19. The smallest absolute Gasteiger partial charge is 0.169 e. The zero-order chi connectivity index (χ0) is 16.2. The van der Waals surface area contributed by atoms with E-state index in [4.69, 9.17) is 9.47 Å². The number of rotatable bonds is 6. The van der Waals surface area contributed by atoms with Gasteiger partial charge in [-0.1, -0.05) is 18.2 Å². The van der Waals surface area contributed by atoms with Crippen molar-refractivity contribution >= 4 is 11.6 Å². The van der Waals surface area contributed by atoms with E-state index in [1.165, 1.54) is 0 Å². The minimum atomic E-state index is 0.0607. The normalized spacial score (nSPS) is 12.6. The molecule has 0 aliphatic carbocycles. The zero-order valence-corrected chi connectivity index (χ0v) is 13.4. The van der Waals surface area contributed by atoms with E-state index in [0.29, 0.717) is 25.3 Å². The lowest BCUT2D eigenvalue weighted by atomic mass is 9.97. The molecule has 0 atom stereocenters. The summed E-state index contributed by atoms with van der Waals surface area (Å²) in [6.07, 6.45) is 2.69. The Morgan fingerprint density at radius 1 is 1.43 bits per heavy atom. The molecule has 120 valence electrons. The number of benzene rings is 1. The van der Waals surface area contributed by atoms with Crippen molar-refractivity contribution in [2.24, 2.45) is 0 Å². The van der Waals surface area contributed by atoms with Gasteiger partial charge in [0, 0.05) is 43.0 Å². The number of fused-ring (bicyclic) bond motifs is 1. The van der Waals surface area contributed by atoms with Gasteiger partial charge in [0.25, 0.3) is 0 Å². The van der Waals surface area contributed by atoms with Crippen molar-refractivity contribution in [3.8, 4) is 16.9 Å². The second-order valence-corrected chi connectivity index (χ2v) is 5.48. The van der Waals surface area contributed by atoms with Crippen LogP contribution >= 0.6 is 0 Å². The van der Waals surface area contributed by atoms with Gasteiger partial charge in [-0.05, 0) is 18.6 Å². The van der Waals surface area contributed by atoms with E-state index in [2.05, 4.69) is 10.3 Å². The van der Waals surface area contributed by atoms with Crippen LogP contribution in [0.5, 0.6) is 5.75 Å². The summed E-state index contributed by atoms with van der Waals surface area (Å²) in [6.45, 7) is 3.52. The standard InChI is InChI=1S/C18H20N2O3/c1-12(21)13-4-3-5-14(10-13)16-11-20-18(19-7-9-22-2)17-15(16)6-8-23-17/h3-5,10-11H,6-9H2,1-2H3,(H,19,20). The molecule has 23 heavy (non-hydrogen) atoms. The first-order valence-electron chi connectivity index (χ1n) is 7.69. The molecule has 1 aromatic carbocycles. The van der Waals surface area contributed by atoms with E-state index < -0.39 is 0 Å². The van der Waals surface area contributed by atoms with Crippen LogP contribution in [0.25, 0.3) is 11.1 Å². The van der Waals surface area contributed by atoms with Gasteiger partial charge in [0.05, 0.1) is 13.2 Å². The zero-order valence-electron chi connectivity index (χ0n) is 13.4.